The maximum atomic E-state index is 13.9. The summed E-state index contributed by atoms with van der Waals surface area (Å²) in [7, 11) is 0. The first-order valence-electron chi connectivity index (χ1n) is 8.26. The van der Waals surface area contributed by atoms with Crippen molar-refractivity contribution in [2.75, 3.05) is 6.54 Å². The Hall–Kier alpha value is -2.66. The molecule has 0 fully saturated rings. The minimum atomic E-state index is -0.800. The van der Waals surface area contributed by atoms with Crippen molar-refractivity contribution in [2.45, 2.75) is 19.5 Å². The van der Waals surface area contributed by atoms with Crippen molar-refractivity contribution in [3.05, 3.63) is 83.2 Å². The van der Waals surface area contributed by atoms with Crippen LogP contribution >= 0.6 is 0 Å². The molecule has 25 heavy (non-hydrogen) atoms. The second kappa shape index (κ2) is 6.69. The summed E-state index contributed by atoms with van der Waals surface area (Å²) in [4.78, 5) is 11.2. The van der Waals surface area contributed by atoms with Gasteiger partial charge in [0.25, 0.3) is 0 Å². The molecule has 1 aliphatic rings. The number of halogens is 2. The largest absolute Gasteiger partial charge is 0.294 e. The molecular formula is C20H17F2N3. The van der Waals surface area contributed by atoms with E-state index in [9.17, 15) is 8.78 Å². The number of fused-ring (bicyclic) bond motifs is 1. The van der Waals surface area contributed by atoms with E-state index in [1.165, 1.54) is 0 Å². The van der Waals surface area contributed by atoms with Crippen LogP contribution in [0.15, 0.2) is 54.7 Å². The first-order valence-corrected chi connectivity index (χ1v) is 8.26. The molecule has 0 aliphatic carbocycles. The minimum absolute atomic E-state index is 0.378. The van der Waals surface area contributed by atoms with Crippen molar-refractivity contribution in [1.29, 1.82) is 0 Å². The Morgan fingerprint density at radius 2 is 1.84 bits per heavy atom. The number of hydrogen-bond donors (Lipinski definition) is 0. The zero-order valence-electron chi connectivity index (χ0n) is 13.6. The smallest absolute Gasteiger partial charge is 0.163 e. The average molecular weight is 337 g/mol. The molecule has 3 aromatic rings. The van der Waals surface area contributed by atoms with Gasteiger partial charge in [-0.25, -0.2) is 18.7 Å². The molecule has 0 unspecified atom stereocenters. The first-order chi connectivity index (χ1) is 12.2. The van der Waals surface area contributed by atoms with Gasteiger partial charge in [-0.2, -0.15) is 0 Å². The second-order valence-corrected chi connectivity index (χ2v) is 6.21. The van der Waals surface area contributed by atoms with Crippen molar-refractivity contribution < 1.29 is 8.78 Å². The second-order valence-electron chi connectivity index (χ2n) is 6.21. The molecular weight excluding hydrogens is 320 g/mol. The third-order valence-electron chi connectivity index (χ3n) is 4.47. The topological polar surface area (TPSA) is 29.0 Å². The van der Waals surface area contributed by atoms with Gasteiger partial charge >= 0.3 is 0 Å². The van der Waals surface area contributed by atoms with E-state index in [1.54, 1.807) is 12.1 Å². The molecule has 1 aliphatic heterocycles. The maximum Gasteiger partial charge on any atom is 0.163 e. The average Bonchev–Trinajstić information content (AvgIpc) is 2.66. The normalized spacial score (nSPS) is 14.3. The third kappa shape index (κ3) is 3.28. The van der Waals surface area contributed by atoms with Crippen LogP contribution < -0.4 is 0 Å². The van der Waals surface area contributed by atoms with Gasteiger partial charge in [0.1, 0.15) is 0 Å². The van der Waals surface area contributed by atoms with Gasteiger partial charge in [-0.3, -0.25) is 4.90 Å². The summed E-state index contributed by atoms with van der Waals surface area (Å²) in [6.45, 7) is 1.78. The van der Waals surface area contributed by atoms with Crippen molar-refractivity contribution >= 4 is 0 Å². The van der Waals surface area contributed by atoms with Crippen LogP contribution in [0.25, 0.3) is 11.4 Å². The van der Waals surface area contributed by atoms with Gasteiger partial charge in [-0.15, -0.1) is 0 Å². The van der Waals surface area contributed by atoms with E-state index in [-0.39, 0.29) is 0 Å². The van der Waals surface area contributed by atoms with E-state index >= 15 is 0 Å². The molecule has 0 bridgehead atoms. The fraction of sp³-hybridized carbons (Fsp3) is 0.200. The molecule has 2 heterocycles. The Bertz CT molecular complexity index is 897. The van der Waals surface area contributed by atoms with E-state index in [1.807, 2.05) is 36.5 Å². The van der Waals surface area contributed by atoms with Crippen LogP contribution in [0, 0.1) is 11.6 Å². The fourth-order valence-corrected chi connectivity index (χ4v) is 3.15. The van der Waals surface area contributed by atoms with Crippen LogP contribution in [0.5, 0.6) is 0 Å². The van der Waals surface area contributed by atoms with E-state index in [4.69, 9.17) is 0 Å². The Labute approximate surface area is 145 Å². The van der Waals surface area contributed by atoms with Gasteiger partial charge in [0.2, 0.25) is 0 Å². The maximum absolute atomic E-state index is 13.9. The highest BCUT2D eigenvalue weighted by Gasteiger charge is 2.20. The van der Waals surface area contributed by atoms with Crippen LogP contribution in [-0.2, 0) is 19.5 Å². The van der Waals surface area contributed by atoms with E-state index in [0.717, 1.165) is 41.7 Å². The number of hydrogen-bond acceptors (Lipinski definition) is 3. The Balaban J connectivity index is 1.53. The first kappa shape index (κ1) is 15.8. The molecule has 0 spiro atoms. The van der Waals surface area contributed by atoms with Gasteiger partial charge in [-0.05, 0) is 6.07 Å². The zero-order valence-corrected chi connectivity index (χ0v) is 13.6. The van der Waals surface area contributed by atoms with Crippen LogP contribution in [-0.4, -0.2) is 21.4 Å². The van der Waals surface area contributed by atoms with E-state index in [0.29, 0.717) is 18.7 Å². The molecule has 0 N–H and O–H groups in total. The molecule has 0 radical (unpaired) electrons. The molecule has 0 amide bonds. The lowest BCUT2D eigenvalue weighted by Crippen LogP contribution is -2.31. The van der Waals surface area contributed by atoms with E-state index in [2.05, 4.69) is 14.9 Å². The predicted octanol–water partition coefficient (Wildman–Crippen LogP) is 3.98. The number of rotatable bonds is 3. The molecule has 4 rings (SSSR count). The molecule has 0 saturated carbocycles. The zero-order chi connectivity index (χ0) is 17.2. The van der Waals surface area contributed by atoms with Gasteiger partial charge in [0, 0.05) is 48.9 Å². The Kier molecular flexibility index (Phi) is 4.24. The highest BCUT2D eigenvalue weighted by molar-refractivity contribution is 5.54. The van der Waals surface area contributed by atoms with Gasteiger partial charge in [0.05, 0.1) is 5.69 Å². The lowest BCUT2D eigenvalue weighted by Gasteiger charge is -2.28. The number of aromatic nitrogens is 2. The van der Waals surface area contributed by atoms with E-state index < -0.39 is 11.6 Å². The van der Waals surface area contributed by atoms with Crippen molar-refractivity contribution in [3.8, 4) is 11.4 Å². The van der Waals surface area contributed by atoms with Crippen LogP contribution in [0.2, 0.25) is 0 Å². The minimum Gasteiger partial charge on any atom is -0.294 e. The summed E-state index contributed by atoms with van der Waals surface area (Å²) >= 11 is 0. The predicted molar refractivity (Wildman–Crippen MR) is 91.6 cm³/mol. The van der Waals surface area contributed by atoms with Gasteiger partial charge in [0.15, 0.2) is 17.5 Å². The lowest BCUT2D eigenvalue weighted by atomic mass is 10.1. The molecule has 126 valence electrons. The summed E-state index contributed by atoms with van der Waals surface area (Å²) in [5, 5.41) is 0. The van der Waals surface area contributed by atoms with Crippen molar-refractivity contribution in [1.82, 2.24) is 14.9 Å². The van der Waals surface area contributed by atoms with Gasteiger partial charge in [-0.1, -0.05) is 42.5 Å². The summed E-state index contributed by atoms with van der Waals surface area (Å²) in [5.74, 6) is -0.835. The lowest BCUT2D eigenvalue weighted by molar-refractivity contribution is 0.238. The Morgan fingerprint density at radius 3 is 2.68 bits per heavy atom. The van der Waals surface area contributed by atoms with Crippen LogP contribution in [0.1, 0.15) is 16.8 Å². The fourth-order valence-electron chi connectivity index (χ4n) is 3.15. The summed E-state index contributed by atoms with van der Waals surface area (Å²) in [5.41, 5.74) is 3.45. The van der Waals surface area contributed by atoms with Gasteiger partial charge < -0.3 is 0 Å². The standard InChI is InChI=1S/C20H17F2N3/c21-17-8-4-7-15(19(17)22)12-25-10-9-18-16(13-25)11-23-20(24-18)14-5-2-1-3-6-14/h1-8,11H,9-10,12-13H2. The summed E-state index contributed by atoms with van der Waals surface area (Å²) < 4.78 is 27.2. The molecule has 5 heteroatoms. The van der Waals surface area contributed by atoms with Crippen LogP contribution in [0.3, 0.4) is 0 Å². The molecule has 0 atom stereocenters. The quantitative estimate of drug-likeness (QED) is 0.724. The molecule has 0 saturated heterocycles. The highest BCUT2D eigenvalue weighted by atomic mass is 19.2. The molecule has 2 aromatic carbocycles. The molecule has 1 aromatic heterocycles. The van der Waals surface area contributed by atoms with Crippen molar-refractivity contribution in [2.24, 2.45) is 0 Å². The monoisotopic (exact) mass is 337 g/mol. The summed E-state index contributed by atoms with van der Waals surface area (Å²) in [6.07, 6.45) is 2.62. The van der Waals surface area contributed by atoms with Crippen molar-refractivity contribution in [3.63, 3.8) is 0 Å². The van der Waals surface area contributed by atoms with Crippen LogP contribution in [0.4, 0.5) is 8.78 Å². The summed E-state index contributed by atoms with van der Waals surface area (Å²) in [6, 6.07) is 14.2. The highest BCUT2D eigenvalue weighted by Crippen LogP contribution is 2.23. The third-order valence-corrected chi connectivity index (χ3v) is 4.47. The molecule has 3 nitrogen and oxygen atoms in total. The number of benzene rings is 2. The number of nitrogens with zero attached hydrogens (tertiary/aromatic N) is 3. The SMILES string of the molecule is Fc1cccc(CN2CCc3nc(-c4ccccc4)ncc3C2)c1F. The Morgan fingerprint density at radius 1 is 1.00 bits per heavy atom.